The molecule has 0 saturated carbocycles. The third kappa shape index (κ3) is 3.10. The minimum Gasteiger partial charge on any atom is -0.489 e. The second kappa shape index (κ2) is 5.95. The van der Waals surface area contributed by atoms with Crippen LogP contribution < -0.4 is 4.74 Å². The van der Waals surface area contributed by atoms with Gasteiger partial charge in [0.25, 0.3) is 0 Å². The predicted molar refractivity (Wildman–Crippen MR) is 80.3 cm³/mol. The minimum absolute atomic E-state index is 0.00796. The fraction of sp³-hybridized carbons (Fsp3) is 0.353. The highest BCUT2D eigenvalue weighted by molar-refractivity contribution is 6.01. The quantitative estimate of drug-likeness (QED) is 0.783. The molecule has 2 aromatic rings. The van der Waals surface area contributed by atoms with Crippen LogP contribution in [0.3, 0.4) is 0 Å². The number of rotatable bonds is 4. The maximum Gasteiger partial charge on any atom is 0.342 e. The zero-order valence-corrected chi connectivity index (χ0v) is 12.3. The van der Waals surface area contributed by atoms with Crippen LogP contribution in [-0.2, 0) is 4.74 Å². The van der Waals surface area contributed by atoms with Gasteiger partial charge < -0.3 is 9.47 Å². The lowest BCUT2D eigenvalue weighted by atomic mass is 10.1. The van der Waals surface area contributed by atoms with Gasteiger partial charge in [0.2, 0.25) is 0 Å². The Kier molecular flexibility index (Phi) is 4.28. The fourth-order valence-electron chi connectivity index (χ4n) is 2.04. The summed E-state index contributed by atoms with van der Waals surface area (Å²) in [7, 11) is 0. The summed E-state index contributed by atoms with van der Waals surface area (Å²) >= 11 is 0. The molecule has 0 aliphatic heterocycles. The highest BCUT2D eigenvalue weighted by atomic mass is 16.5. The van der Waals surface area contributed by atoms with Crippen LogP contribution in [0.25, 0.3) is 10.8 Å². The molecular formula is C17H20O3. The van der Waals surface area contributed by atoms with Gasteiger partial charge in [0.15, 0.2) is 0 Å². The molecule has 0 radical (unpaired) electrons. The maximum atomic E-state index is 12.2. The van der Waals surface area contributed by atoms with E-state index >= 15 is 0 Å². The first kappa shape index (κ1) is 14.4. The third-order valence-electron chi connectivity index (χ3n) is 2.80. The fourth-order valence-corrected chi connectivity index (χ4v) is 2.04. The number of esters is 1. The summed E-state index contributed by atoms with van der Waals surface area (Å²) < 4.78 is 11.1. The Bertz CT molecular complexity index is 615. The number of hydrogen-bond acceptors (Lipinski definition) is 3. The first-order valence-electron chi connectivity index (χ1n) is 6.88. The first-order valence-corrected chi connectivity index (χ1v) is 6.88. The van der Waals surface area contributed by atoms with E-state index < -0.39 is 0 Å². The Morgan fingerprint density at radius 1 is 0.950 bits per heavy atom. The molecule has 0 saturated heterocycles. The van der Waals surface area contributed by atoms with E-state index in [1.54, 1.807) is 6.07 Å². The summed E-state index contributed by atoms with van der Waals surface area (Å²) in [4.78, 5) is 12.2. The number of carbonyl (C=O) groups excluding carboxylic acids is 1. The van der Waals surface area contributed by atoms with Gasteiger partial charge in [-0.2, -0.15) is 0 Å². The molecule has 2 rings (SSSR count). The number of hydrogen-bond donors (Lipinski definition) is 0. The highest BCUT2D eigenvalue weighted by Gasteiger charge is 2.18. The lowest BCUT2D eigenvalue weighted by molar-refractivity contribution is 0.0372. The smallest absolute Gasteiger partial charge is 0.342 e. The van der Waals surface area contributed by atoms with Gasteiger partial charge in [-0.05, 0) is 39.1 Å². The molecule has 0 aromatic heterocycles. The Morgan fingerprint density at radius 2 is 1.65 bits per heavy atom. The molecule has 3 heteroatoms. The minimum atomic E-state index is -0.346. The van der Waals surface area contributed by atoms with Crippen LogP contribution in [0.5, 0.6) is 5.75 Å². The zero-order chi connectivity index (χ0) is 14.7. The summed E-state index contributed by atoms with van der Waals surface area (Å²) in [5.41, 5.74) is 0.478. The molecule has 3 nitrogen and oxygen atoms in total. The van der Waals surface area contributed by atoms with Crippen molar-refractivity contribution in [2.24, 2.45) is 0 Å². The van der Waals surface area contributed by atoms with E-state index in [-0.39, 0.29) is 18.2 Å². The summed E-state index contributed by atoms with van der Waals surface area (Å²) in [6, 6.07) is 11.5. The molecular weight excluding hydrogens is 252 g/mol. The molecule has 0 N–H and O–H groups in total. The van der Waals surface area contributed by atoms with Crippen molar-refractivity contribution in [3.63, 3.8) is 0 Å². The van der Waals surface area contributed by atoms with Crippen molar-refractivity contribution in [2.75, 3.05) is 0 Å². The van der Waals surface area contributed by atoms with Gasteiger partial charge in [-0.1, -0.05) is 30.3 Å². The van der Waals surface area contributed by atoms with E-state index in [0.717, 1.165) is 10.8 Å². The number of ether oxygens (including phenoxy) is 2. The van der Waals surface area contributed by atoms with Crippen molar-refractivity contribution in [1.29, 1.82) is 0 Å². The van der Waals surface area contributed by atoms with Crippen molar-refractivity contribution in [1.82, 2.24) is 0 Å². The standard InChI is InChI=1S/C17H20O3/c1-11(2)19-16-14-8-6-5-7-13(14)9-10-15(16)17(18)20-12(3)4/h5-12H,1-4H3. The van der Waals surface area contributed by atoms with Crippen molar-refractivity contribution in [2.45, 2.75) is 39.9 Å². The van der Waals surface area contributed by atoms with Crippen LogP contribution in [0, 0.1) is 0 Å². The van der Waals surface area contributed by atoms with Crippen molar-refractivity contribution < 1.29 is 14.3 Å². The lowest BCUT2D eigenvalue weighted by Gasteiger charge is -2.17. The van der Waals surface area contributed by atoms with Gasteiger partial charge in [0, 0.05) is 5.39 Å². The largest absolute Gasteiger partial charge is 0.489 e. The van der Waals surface area contributed by atoms with Crippen LogP contribution in [-0.4, -0.2) is 18.2 Å². The van der Waals surface area contributed by atoms with Crippen LogP contribution in [0.2, 0.25) is 0 Å². The second-order valence-corrected chi connectivity index (χ2v) is 5.28. The molecule has 0 heterocycles. The Balaban J connectivity index is 2.55. The van der Waals surface area contributed by atoms with Crippen LogP contribution >= 0.6 is 0 Å². The van der Waals surface area contributed by atoms with Crippen molar-refractivity contribution in [3.8, 4) is 5.75 Å². The molecule has 0 amide bonds. The normalized spacial score (nSPS) is 11.1. The monoisotopic (exact) mass is 272 g/mol. The van der Waals surface area contributed by atoms with Gasteiger partial charge in [-0.25, -0.2) is 4.79 Å². The summed E-state index contributed by atoms with van der Waals surface area (Å²) in [5, 5.41) is 1.98. The number of carbonyl (C=O) groups is 1. The molecule has 0 aliphatic rings. The van der Waals surface area contributed by atoms with E-state index in [2.05, 4.69) is 0 Å². The van der Waals surface area contributed by atoms with E-state index in [4.69, 9.17) is 9.47 Å². The SMILES string of the molecule is CC(C)OC(=O)c1ccc2ccccc2c1OC(C)C. The summed E-state index contributed by atoms with van der Waals surface area (Å²) in [6.45, 7) is 7.56. The molecule has 0 fully saturated rings. The Labute approximate surface area is 119 Å². The van der Waals surface area contributed by atoms with Crippen LogP contribution in [0.4, 0.5) is 0 Å². The van der Waals surface area contributed by atoms with Gasteiger partial charge in [0.1, 0.15) is 11.3 Å². The van der Waals surface area contributed by atoms with E-state index in [1.165, 1.54) is 0 Å². The van der Waals surface area contributed by atoms with Gasteiger partial charge >= 0.3 is 5.97 Å². The summed E-state index contributed by atoms with van der Waals surface area (Å²) in [5.74, 6) is 0.255. The molecule has 0 bridgehead atoms. The van der Waals surface area contributed by atoms with E-state index in [9.17, 15) is 4.79 Å². The van der Waals surface area contributed by atoms with Gasteiger partial charge in [-0.3, -0.25) is 0 Å². The Morgan fingerprint density at radius 3 is 2.30 bits per heavy atom. The van der Waals surface area contributed by atoms with Crippen molar-refractivity contribution >= 4 is 16.7 Å². The maximum absolute atomic E-state index is 12.2. The number of fused-ring (bicyclic) bond motifs is 1. The first-order chi connectivity index (χ1) is 9.49. The zero-order valence-electron chi connectivity index (χ0n) is 12.3. The van der Waals surface area contributed by atoms with Crippen molar-refractivity contribution in [3.05, 3.63) is 42.0 Å². The van der Waals surface area contributed by atoms with Crippen LogP contribution in [0.1, 0.15) is 38.1 Å². The van der Waals surface area contributed by atoms with E-state index in [0.29, 0.717) is 11.3 Å². The molecule has 0 atom stereocenters. The average molecular weight is 272 g/mol. The molecule has 0 unspecified atom stereocenters. The van der Waals surface area contributed by atoms with Gasteiger partial charge in [0.05, 0.1) is 12.2 Å². The second-order valence-electron chi connectivity index (χ2n) is 5.28. The molecule has 2 aromatic carbocycles. The van der Waals surface area contributed by atoms with Crippen LogP contribution in [0.15, 0.2) is 36.4 Å². The van der Waals surface area contributed by atoms with Gasteiger partial charge in [-0.15, -0.1) is 0 Å². The van der Waals surface area contributed by atoms with E-state index in [1.807, 2.05) is 58.0 Å². The average Bonchev–Trinajstić information content (AvgIpc) is 2.37. The number of benzene rings is 2. The Hall–Kier alpha value is -2.03. The lowest BCUT2D eigenvalue weighted by Crippen LogP contribution is -2.15. The third-order valence-corrected chi connectivity index (χ3v) is 2.80. The predicted octanol–water partition coefficient (Wildman–Crippen LogP) is 4.19. The molecule has 106 valence electrons. The topological polar surface area (TPSA) is 35.5 Å². The molecule has 0 spiro atoms. The highest BCUT2D eigenvalue weighted by Crippen LogP contribution is 2.31. The molecule has 0 aliphatic carbocycles. The summed E-state index contributed by atoms with van der Waals surface area (Å²) in [6.07, 6.45) is -0.160. The molecule has 20 heavy (non-hydrogen) atoms.